The van der Waals surface area contributed by atoms with Gasteiger partial charge in [-0.15, -0.1) is 10.2 Å². The molecule has 1 aromatic heterocycles. The van der Waals surface area contributed by atoms with Crippen molar-refractivity contribution in [2.24, 2.45) is 5.92 Å². The summed E-state index contributed by atoms with van der Waals surface area (Å²) >= 11 is 0. The fourth-order valence-electron chi connectivity index (χ4n) is 2.44. The number of nitrogens with zero attached hydrogens (tertiary/aromatic N) is 3. The zero-order valence-corrected chi connectivity index (χ0v) is 10.5. The van der Waals surface area contributed by atoms with Crippen LogP contribution in [0.5, 0.6) is 11.5 Å². The average Bonchev–Trinajstić information content (AvgIpc) is 2.81. The van der Waals surface area contributed by atoms with Crippen molar-refractivity contribution in [3.05, 3.63) is 24.0 Å². The smallest absolute Gasteiger partial charge is 0.308 e. The minimum atomic E-state index is -0.842. The van der Waals surface area contributed by atoms with Crippen molar-refractivity contribution in [2.75, 3.05) is 0 Å². The number of benzene rings is 1. The Labute approximate surface area is 114 Å². The number of carbonyl (C=O) groups is 1. The van der Waals surface area contributed by atoms with Gasteiger partial charge in [0.25, 0.3) is 0 Å². The summed E-state index contributed by atoms with van der Waals surface area (Å²) in [6, 6.07) is 4.19. The number of aliphatic carboxylic acids is 1. The van der Waals surface area contributed by atoms with Gasteiger partial charge >= 0.3 is 5.97 Å². The van der Waals surface area contributed by atoms with Crippen molar-refractivity contribution in [1.29, 1.82) is 0 Å². The van der Waals surface area contributed by atoms with Crippen LogP contribution in [-0.4, -0.2) is 36.1 Å². The first-order valence-corrected chi connectivity index (χ1v) is 6.23. The molecular formula is C13H13N3O4. The van der Waals surface area contributed by atoms with Gasteiger partial charge in [0.2, 0.25) is 0 Å². The number of fused-ring (bicyclic) bond motifs is 1. The number of carboxylic acid groups (broad SMARTS) is 1. The first kappa shape index (κ1) is 12.5. The Morgan fingerprint density at radius 1 is 1.30 bits per heavy atom. The molecule has 0 saturated carbocycles. The molecule has 0 fully saturated rings. The molecule has 1 aliphatic rings. The minimum absolute atomic E-state index is 0.0481. The van der Waals surface area contributed by atoms with Crippen LogP contribution in [0.4, 0.5) is 0 Å². The van der Waals surface area contributed by atoms with Crippen molar-refractivity contribution < 1.29 is 20.1 Å². The third-order valence-corrected chi connectivity index (χ3v) is 3.52. The fraction of sp³-hybridized carbons (Fsp3) is 0.308. The highest BCUT2D eigenvalue weighted by Crippen LogP contribution is 2.33. The number of phenols is 2. The third kappa shape index (κ3) is 1.97. The van der Waals surface area contributed by atoms with Gasteiger partial charge in [-0.1, -0.05) is 0 Å². The summed E-state index contributed by atoms with van der Waals surface area (Å²) < 4.78 is 1.72. The minimum Gasteiger partial charge on any atom is -0.508 e. The molecule has 2 heterocycles. The molecule has 0 aliphatic carbocycles. The lowest BCUT2D eigenvalue weighted by Crippen LogP contribution is -2.27. The van der Waals surface area contributed by atoms with E-state index in [1.807, 2.05) is 0 Å². The second-order valence-corrected chi connectivity index (χ2v) is 4.83. The third-order valence-electron chi connectivity index (χ3n) is 3.52. The monoisotopic (exact) mass is 275 g/mol. The van der Waals surface area contributed by atoms with Gasteiger partial charge in [-0.3, -0.25) is 4.79 Å². The number of aromatic hydroxyl groups is 2. The highest BCUT2D eigenvalue weighted by molar-refractivity contribution is 5.71. The van der Waals surface area contributed by atoms with E-state index in [1.165, 1.54) is 18.2 Å². The summed E-state index contributed by atoms with van der Waals surface area (Å²) in [5, 5.41) is 36.4. The molecule has 0 amide bonds. The zero-order valence-electron chi connectivity index (χ0n) is 10.5. The lowest BCUT2D eigenvalue weighted by atomic mass is 9.99. The standard InChI is InChI=1S/C13H13N3O4/c17-8-2-3-9(10(18)5-8)12-15-14-11-4-1-7(13(19)20)6-16(11)12/h2-3,5,7,17-18H,1,4,6H2,(H,19,20). The van der Waals surface area contributed by atoms with Crippen LogP contribution in [-0.2, 0) is 17.8 Å². The van der Waals surface area contributed by atoms with Gasteiger partial charge in [0, 0.05) is 19.0 Å². The van der Waals surface area contributed by atoms with Crippen LogP contribution in [0, 0.1) is 5.92 Å². The molecule has 1 aliphatic heterocycles. The molecule has 20 heavy (non-hydrogen) atoms. The molecular weight excluding hydrogens is 262 g/mol. The molecule has 3 N–H and O–H groups in total. The number of hydrogen-bond acceptors (Lipinski definition) is 5. The molecule has 104 valence electrons. The average molecular weight is 275 g/mol. The zero-order chi connectivity index (χ0) is 14.3. The molecule has 0 bridgehead atoms. The van der Waals surface area contributed by atoms with E-state index in [9.17, 15) is 15.0 Å². The molecule has 0 saturated heterocycles. The molecule has 1 unspecified atom stereocenters. The maximum Gasteiger partial charge on any atom is 0.308 e. The SMILES string of the molecule is O=C(O)C1CCc2nnc(-c3ccc(O)cc3O)n2C1. The Morgan fingerprint density at radius 3 is 2.80 bits per heavy atom. The number of rotatable bonds is 2. The number of aromatic nitrogens is 3. The highest BCUT2D eigenvalue weighted by Gasteiger charge is 2.28. The Kier molecular flexibility index (Phi) is 2.81. The topological polar surface area (TPSA) is 108 Å². The van der Waals surface area contributed by atoms with Gasteiger partial charge in [-0.2, -0.15) is 0 Å². The molecule has 2 aromatic rings. The molecule has 0 spiro atoms. The van der Waals surface area contributed by atoms with Gasteiger partial charge in [0.15, 0.2) is 5.82 Å². The summed E-state index contributed by atoms with van der Waals surface area (Å²) in [5.74, 6) is -0.346. The molecule has 3 rings (SSSR count). The second-order valence-electron chi connectivity index (χ2n) is 4.83. The van der Waals surface area contributed by atoms with E-state index in [1.54, 1.807) is 4.57 Å². The van der Waals surface area contributed by atoms with Gasteiger partial charge < -0.3 is 19.9 Å². The van der Waals surface area contributed by atoms with Crippen molar-refractivity contribution >= 4 is 5.97 Å². The predicted molar refractivity (Wildman–Crippen MR) is 68.2 cm³/mol. The van der Waals surface area contributed by atoms with Gasteiger partial charge in [-0.25, -0.2) is 0 Å². The normalized spacial score (nSPS) is 17.7. The van der Waals surface area contributed by atoms with Gasteiger partial charge in [0.1, 0.15) is 17.3 Å². The summed E-state index contributed by atoms with van der Waals surface area (Å²) in [6.07, 6.45) is 1.08. The number of phenolic OH excluding ortho intramolecular Hbond substituents is 2. The van der Waals surface area contributed by atoms with Crippen molar-refractivity contribution in [3.8, 4) is 22.9 Å². The van der Waals surface area contributed by atoms with Crippen LogP contribution in [0.25, 0.3) is 11.4 Å². The molecule has 0 radical (unpaired) electrons. The lowest BCUT2D eigenvalue weighted by Gasteiger charge is -2.21. The van der Waals surface area contributed by atoms with E-state index in [0.717, 1.165) is 0 Å². The van der Waals surface area contributed by atoms with Gasteiger partial charge in [-0.05, 0) is 18.6 Å². The first-order valence-electron chi connectivity index (χ1n) is 6.23. The fourth-order valence-corrected chi connectivity index (χ4v) is 2.44. The Morgan fingerprint density at radius 2 is 2.10 bits per heavy atom. The highest BCUT2D eigenvalue weighted by atomic mass is 16.4. The van der Waals surface area contributed by atoms with Crippen LogP contribution < -0.4 is 0 Å². The Hall–Kier alpha value is -2.57. The van der Waals surface area contributed by atoms with Crippen LogP contribution in [0.1, 0.15) is 12.2 Å². The second kappa shape index (κ2) is 4.52. The van der Waals surface area contributed by atoms with E-state index in [4.69, 9.17) is 5.11 Å². The van der Waals surface area contributed by atoms with E-state index in [2.05, 4.69) is 10.2 Å². The molecule has 7 heteroatoms. The number of carboxylic acids is 1. The number of hydrogen-bond donors (Lipinski definition) is 3. The van der Waals surface area contributed by atoms with Crippen LogP contribution in [0.2, 0.25) is 0 Å². The van der Waals surface area contributed by atoms with Crippen LogP contribution >= 0.6 is 0 Å². The maximum absolute atomic E-state index is 11.1. The van der Waals surface area contributed by atoms with E-state index in [-0.39, 0.29) is 18.0 Å². The van der Waals surface area contributed by atoms with Crippen molar-refractivity contribution in [2.45, 2.75) is 19.4 Å². The van der Waals surface area contributed by atoms with Gasteiger partial charge in [0.05, 0.1) is 11.5 Å². The first-order chi connectivity index (χ1) is 9.56. The summed E-state index contributed by atoms with van der Waals surface area (Å²) in [6.45, 7) is 0.285. The molecule has 1 atom stereocenters. The van der Waals surface area contributed by atoms with Crippen molar-refractivity contribution in [3.63, 3.8) is 0 Å². The number of aryl methyl sites for hydroxylation is 1. The maximum atomic E-state index is 11.1. The van der Waals surface area contributed by atoms with E-state index < -0.39 is 11.9 Å². The summed E-state index contributed by atoms with van der Waals surface area (Å²) in [4.78, 5) is 11.1. The van der Waals surface area contributed by atoms with Crippen LogP contribution in [0.3, 0.4) is 0 Å². The Balaban J connectivity index is 2.04. The molecule has 1 aromatic carbocycles. The summed E-state index contributed by atoms with van der Waals surface area (Å²) in [5.41, 5.74) is 0.424. The van der Waals surface area contributed by atoms with Crippen LogP contribution in [0.15, 0.2) is 18.2 Å². The Bertz CT molecular complexity index is 680. The quantitative estimate of drug-likeness (QED) is 0.754. The van der Waals surface area contributed by atoms with E-state index >= 15 is 0 Å². The lowest BCUT2D eigenvalue weighted by molar-refractivity contribution is -0.142. The van der Waals surface area contributed by atoms with Crippen molar-refractivity contribution in [1.82, 2.24) is 14.8 Å². The predicted octanol–water partition coefficient (Wildman–Crippen LogP) is 1.00. The summed E-state index contributed by atoms with van der Waals surface area (Å²) in [7, 11) is 0. The molecule has 7 nitrogen and oxygen atoms in total. The van der Waals surface area contributed by atoms with E-state index in [0.29, 0.717) is 30.1 Å². The largest absolute Gasteiger partial charge is 0.508 e.